The third-order valence-corrected chi connectivity index (χ3v) is 2.41. The smallest absolute Gasteiger partial charge is 0.187 e. The Kier molecular flexibility index (Phi) is 4.55. The topological polar surface area (TPSA) is 46.1 Å². The molecule has 5 heteroatoms. The molecule has 0 amide bonds. The van der Waals surface area contributed by atoms with Crippen molar-refractivity contribution in [3.63, 3.8) is 0 Å². The number of thioether (sulfide) groups is 1. The lowest BCUT2D eigenvalue weighted by Gasteiger charge is -2.07. The van der Waals surface area contributed by atoms with Gasteiger partial charge in [0.25, 0.3) is 0 Å². The van der Waals surface area contributed by atoms with E-state index >= 15 is 0 Å². The van der Waals surface area contributed by atoms with Crippen LogP contribution in [0.5, 0.6) is 0 Å². The molecule has 0 radical (unpaired) electrons. The van der Waals surface area contributed by atoms with Crippen LogP contribution in [0.4, 0.5) is 0 Å². The maximum absolute atomic E-state index is 10.3. The van der Waals surface area contributed by atoms with Crippen molar-refractivity contribution < 1.29 is 4.79 Å². The third-order valence-electron chi connectivity index (χ3n) is 1.55. The lowest BCUT2D eigenvalue weighted by atomic mass is 10.4. The molecule has 1 rings (SSSR count). The van der Waals surface area contributed by atoms with E-state index in [4.69, 9.17) is 0 Å². The Labute approximate surface area is 87.7 Å². The molecule has 1 heterocycles. The van der Waals surface area contributed by atoms with Crippen LogP contribution < -0.4 is 0 Å². The standard InChI is InChI=1S/C9H13N3OS/c1-12(2)3-4-14-9-10-5-8(7-13)6-11-9/h5-7H,3-4H2,1-2H3. The van der Waals surface area contributed by atoms with Gasteiger partial charge in [0, 0.05) is 24.7 Å². The second kappa shape index (κ2) is 5.72. The Hall–Kier alpha value is -0.940. The van der Waals surface area contributed by atoms with Crippen molar-refractivity contribution in [2.24, 2.45) is 0 Å². The maximum atomic E-state index is 10.3. The zero-order chi connectivity index (χ0) is 10.4. The number of carbonyl (C=O) groups excluding carboxylic acids is 1. The summed E-state index contributed by atoms with van der Waals surface area (Å²) in [4.78, 5) is 20.5. The van der Waals surface area contributed by atoms with E-state index in [1.165, 1.54) is 12.4 Å². The second-order valence-electron chi connectivity index (χ2n) is 3.07. The average molecular weight is 211 g/mol. The molecule has 0 aliphatic rings. The monoisotopic (exact) mass is 211 g/mol. The molecule has 14 heavy (non-hydrogen) atoms. The van der Waals surface area contributed by atoms with Gasteiger partial charge in [-0.2, -0.15) is 0 Å². The van der Waals surface area contributed by atoms with Gasteiger partial charge in [-0.15, -0.1) is 0 Å². The van der Waals surface area contributed by atoms with Crippen molar-refractivity contribution in [3.8, 4) is 0 Å². The number of aromatic nitrogens is 2. The highest BCUT2D eigenvalue weighted by Gasteiger charge is 1.98. The Bertz CT molecular complexity index is 287. The molecule has 0 N–H and O–H groups in total. The summed E-state index contributed by atoms with van der Waals surface area (Å²) in [6.07, 6.45) is 3.82. The summed E-state index contributed by atoms with van der Waals surface area (Å²) in [7, 11) is 4.05. The predicted octanol–water partition coefficient (Wildman–Crippen LogP) is 0.943. The molecule has 0 spiro atoms. The molecule has 0 aromatic carbocycles. The first-order chi connectivity index (χ1) is 6.72. The Morgan fingerprint density at radius 3 is 2.57 bits per heavy atom. The number of hydrogen-bond donors (Lipinski definition) is 0. The van der Waals surface area contributed by atoms with Crippen molar-refractivity contribution >= 4 is 18.0 Å². The van der Waals surface area contributed by atoms with Gasteiger partial charge in [-0.25, -0.2) is 9.97 Å². The minimum Gasteiger partial charge on any atom is -0.309 e. The van der Waals surface area contributed by atoms with Crippen molar-refractivity contribution in [2.45, 2.75) is 5.16 Å². The molecule has 0 saturated heterocycles. The molecule has 0 aliphatic carbocycles. The van der Waals surface area contributed by atoms with Gasteiger partial charge in [0.15, 0.2) is 11.4 Å². The van der Waals surface area contributed by atoms with Crippen LogP contribution in [0.25, 0.3) is 0 Å². The average Bonchev–Trinajstić information content (AvgIpc) is 2.18. The fourth-order valence-electron chi connectivity index (χ4n) is 0.781. The van der Waals surface area contributed by atoms with Gasteiger partial charge in [0.05, 0.1) is 5.56 Å². The number of hydrogen-bond acceptors (Lipinski definition) is 5. The first-order valence-electron chi connectivity index (χ1n) is 4.27. The van der Waals surface area contributed by atoms with Gasteiger partial charge in [-0.05, 0) is 14.1 Å². The van der Waals surface area contributed by atoms with E-state index in [0.717, 1.165) is 23.7 Å². The SMILES string of the molecule is CN(C)CCSc1ncc(C=O)cn1. The van der Waals surface area contributed by atoms with Crippen LogP contribution >= 0.6 is 11.8 Å². The van der Waals surface area contributed by atoms with E-state index < -0.39 is 0 Å². The first-order valence-corrected chi connectivity index (χ1v) is 5.25. The zero-order valence-electron chi connectivity index (χ0n) is 8.30. The third kappa shape index (κ3) is 3.85. The van der Waals surface area contributed by atoms with Gasteiger partial charge in [0.1, 0.15) is 0 Å². The number of aldehydes is 1. The number of carbonyl (C=O) groups is 1. The van der Waals surface area contributed by atoms with Crippen LogP contribution in [0.1, 0.15) is 10.4 Å². The highest BCUT2D eigenvalue weighted by Crippen LogP contribution is 2.10. The summed E-state index contributed by atoms with van der Waals surface area (Å²) in [6.45, 7) is 0.990. The molecular weight excluding hydrogens is 198 g/mol. The summed E-state index contributed by atoms with van der Waals surface area (Å²) >= 11 is 1.59. The number of rotatable bonds is 5. The minimum atomic E-state index is 0.516. The van der Waals surface area contributed by atoms with Gasteiger partial charge >= 0.3 is 0 Å². The van der Waals surface area contributed by atoms with E-state index in [-0.39, 0.29) is 0 Å². The Morgan fingerprint density at radius 2 is 2.07 bits per heavy atom. The molecule has 0 bridgehead atoms. The molecule has 0 atom stereocenters. The fraction of sp³-hybridized carbons (Fsp3) is 0.444. The lowest BCUT2D eigenvalue weighted by molar-refractivity contribution is 0.112. The zero-order valence-corrected chi connectivity index (χ0v) is 9.12. The normalized spacial score (nSPS) is 10.5. The summed E-state index contributed by atoms with van der Waals surface area (Å²) in [5, 5.41) is 0.720. The second-order valence-corrected chi connectivity index (χ2v) is 4.13. The Morgan fingerprint density at radius 1 is 1.43 bits per heavy atom. The molecule has 0 aliphatic heterocycles. The Balaban J connectivity index is 2.40. The van der Waals surface area contributed by atoms with E-state index in [0.29, 0.717) is 5.56 Å². The lowest BCUT2D eigenvalue weighted by Crippen LogP contribution is -2.14. The molecule has 0 fully saturated rings. The van der Waals surface area contributed by atoms with Crippen LogP contribution in [0, 0.1) is 0 Å². The summed E-state index contributed by atoms with van der Waals surface area (Å²) in [5.41, 5.74) is 0.516. The van der Waals surface area contributed by atoms with E-state index in [9.17, 15) is 4.79 Å². The first kappa shape index (κ1) is 11.1. The molecule has 76 valence electrons. The highest BCUT2D eigenvalue weighted by molar-refractivity contribution is 7.99. The van der Waals surface area contributed by atoms with Crippen molar-refractivity contribution in [3.05, 3.63) is 18.0 Å². The highest BCUT2D eigenvalue weighted by atomic mass is 32.2. The largest absolute Gasteiger partial charge is 0.309 e. The van der Waals surface area contributed by atoms with Crippen LogP contribution in [-0.2, 0) is 0 Å². The molecular formula is C9H13N3OS. The van der Waals surface area contributed by atoms with E-state index in [1.54, 1.807) is 11.8 Å². The molecule has 4 nitrogen and oxygen atoms in total. The van der Waals surface area contributed by atoms with Crippen LogP contribution in [-0.4, -0.2) is 47.5 Å². The fourth-order valence-corrected chi connectivity index (χ4v) is 1.67. The quantitative estimate of drug-likeness (QED) is 0.412. The molecule has 1 aromatic heterocycles. The molecule has 0 unspecified atom stereocenters. The van der Waals surface area contributed by atoms with Gasteiger partial charge in [-0.1, -0.05) is 11.8 Å². The van der Waals surface area contributed by atoms with Gasteiger partial charge < -0.3 is 4.90 Å². The summed E-state index contributed by atoms with van der Waals surface area (Å²) in [5.74, 6) is 0.952. The van der Waals surface area contributed by atoms with Crippen molar-refractivity contribution in [1.29, 1.82) is 0 Å². The van der Waals surface area contributed by atoms with Crippen molar-refractivity contribution in [2.75, 3.05) is 26.4 Å². The summed E-state index contributed by atoms with van der Waals surface area (Å²) in [6, 6.07) is 0. The maximum Gasteiger partial charge on any atom is 0.187 e. The van der Waals surface area contributed by atoms with Crippen LogP contribution in [0.15, 0.2) is 17.6 Å². The predicted molar refractivity (Wildman–Crippen MR) is 56.7 cm³/mol. The van der Waals surface area contributed by atoms with Crippen LogP contribution in [0.3, 0.4) is 0 Å². The molecule has 1 aromatic rings. The van der Waals surface area contributed by atoms with Gasteiger partial charge in [0.2, 0.25) is 0 Å². The van der Waals surface area contributed by atoms with Crippen LogP contribution in [0.2, 0.25) is 0 Å². The van der Waals surface area contributed by atoms with E-state index in [2.05, 4.69) is 14.9 Å². The number of nitrogens with zero attached hydrogens (tertiary/aromatic N) is 3. The summed E-state index contributed by atoms with van der Waals surface area (Å²) < 4.78 is 0. The molecule has 0 saturated carbocycles. The van der Waals surface area contributed by atoms with E-state index in [1.807, 2.05) is 14.1 Å². The minimum absolute atomic E-state index is 0.516. The van der Waals surface area contributed by atoms with Gasteiger partial charge in [-0.3, -0.25) is 4.79 Å². The van der Waals surface area contributed by atoms with Crippen molar-refractivity contribution in [1.82, 2.24) is 14.9 Å².